The lowest BCUT2D eigenvalue weighted by Gasteiger charge is -2.33. The van der Waals surface area contributed by atoms with Gasteiger partial charge in [-0.15, -0.1) is 0 Å². The van der Waals surface area contributed by atoms with Gasteiger partial charge in [0.25, 0.3) is 0 Å². The molecule has 0 radical (unpaired) electrons. The molecule has 0 aliphatic carbocycles. The Labute approximate surface area is 211 Å². The third kappa shape index (κ3) is 7.41. The van der Waals surface area contributed by atoms with Gasteiger partial charge in [-0.25, -0.2) is 13.8 Å². The fourth-order valence-corrected chi connectivity index (χ4v) is 4.64. The van der Waals surface area contributed by atoms with E-state index in [4.69, 9.17) is 15.6 Å². The zero-order chi connectivity index (χ0) is 26.5. The molecular formula is C25H29F5N4OS. The Bertz CT molecular complexity index is 1040. The van der Waals surface area contributed by atoms with Crippen molar-refractivity contribution in [3.63, 3.8) is 0 Å². The number of nitrogens with zero attached hydrogens (tertiary/aromatic N) is 2. The van der Waals surface area contributed by atoms with Crippen LogP contribution in [0.3, 0.4) is 0 Å². The Kier molecular flexibility index (Phi) is 9.32. The number of ether oxygens (including phenoxy) is 1. The van der Waals surface area contributed by atoms with Crippen molar-refractivity contribution in [2.75, 3.05) is 24.6 Å². The number of rotatable bonds is 8. The number of thioether (sulfide) groups is 1. The van der Waals surface area contributed by atoms with E-state index in [9.17, 15) is 22.0 Å². The third-order valence-corrected chi connectivity index (χ3v) is 7.12. The molecule has 1 aliphatic heterocycles. The molecule has 0 unspecified atom stereocenters. The van der Waals surface area contributed by atoms with E-state index in [1.807, 2.05) is 4.90 Å². The largest absolute Gasteiger partial charge is 0.493 e. The van der Waals surface area contributed by atoms with Crippen molar-refractivity contribution in [1.29, 1.82) is 10.8 Å². The van der Waals surface area contributed by atoms with Crippen LogP contribution in [0.5, 0.6) is 5.75 Å². The van der Waals surface area contributed by atoms with Crippen LogP contribution in [0.2, 0.25) is 0 Å². The molecule has 2 N–H and O–H groups in total. The van der Waals surface area contributed by atoms with Gasteiger partial charge in [-0.05, 0) is 43.7 Å². The lowest BCUT2D eigenvalue weighted by Crippen LogP contribution is -2.34. The lowest BCUT2D eigenvalue weighted by atomic mass is 9.92. The highest BCUT2D eigenvalue weighted by Crippen LogP contribution is 2.31. The molecule has 0 spiro atoms. The summed E-state index contributed by atoms with van der Waals surface area (Å²) in [5.74, 6) is -0.938. The van der Waals surface area contributed by atoms with Crippen LogP contribution in [0.4, 0.5) is 27.8 Å². The predicted molar refractivity (Wildman–Crippen MR) is 132 cm³/mol. The summed E-state index contributed by atoms with van der Waals surface area (Å²) in [4.78, 5) is 5.93. The van der Waals surface area contributed by atoms with Crippen molar-refractivity contribution in [3.8, 4) is 5.75 Å². The van der Waals surface area contributed by atoms with E-state index in [1.165, 1.54) is 6.07 Å². The van der Waals surface area contributed by atoms with Gasteiger partial charge < -0.3 is 9.64 Å². The molecule has 5 nitrogen and oxygen atoms in total. The quantitative estimate of drug-likeness (QED) is 0.165. The topological polar surface area (TPSA) is 73.1 Å². The van der Waals surface area contributed by atoms with E-state index >= 15 is 0 Å². The van der Waals surface area contributed by atoms with Crippen molar-refractivity contribution in [1.82, 2.24) is 4.98 Å². The molecule has 1 fully saturated rings. The fourth-order valence-electron chi connectivity index (χ4n) is 3.88. The highest BCUT2D eigenvalue weighted by Gasteiger charge is 2.31. The van der Waals surface area contributed by atoms with Crippen LogP contribution in [0.1, 0.15) is 50.7 Å². The maximum absolute atomic E-state index is 14.5. The average Bonchev–Trinajstić information content (AvgIpc) is 2.81. The number of pyridine rings is 1. The first kappa shape index (κ1) is 27.9. The van der Waals surface area contributed by atoms with Gasteiger partial charge in [0, 0.05) is 37.3 Å². The van der Waals surface area contributed by atoms with Gasteiger partial charge >= 0.3 is 6.18 Å². The Hall–Kier alpha value is -2.69. The predicted octanol–water partition coefficient (Wildman–Crippen LogP) is 7.15. The number of aromatic nitrogens is 1. The molecule has 196 valence electrons. The molecule has 36 heavy (non-hydrogen) atoms. The molecular weight excluding hydrogens is 499 g/mol. The standard InChI is InChI=1S/C25H29F5N4OS/c1-15(2)23(31)36-24(32)22-19(26)12-18(13-20(22)27)35-11-3-4-16-7-9-34(10-8-16)21-6-5-17(14-33-21)25(28,29)30/h5-6,12-16,31-32H,3-4,7-11H2,1-2H3. The number of nitrogens with one attached hydrogen (secondary N) is 2. The van der Waals surface area contributed by atoms with Crippen molar-refractivity contribution in [3.05, 3.63) is 53.2 Å². The second kappa shape index (κ2) is 12.0. The summed E-state index contributed by atoms with van der Waals surface area (Å²) in [6, 6.07) is 4.56. The minimum Gasteiger partial charge on any atom is -0.493 e. The van der Waals surface area contributed by atoms with Crippen LogP contribution >= 0.6 is 11.8 Å². The fraction of sp³-hybridized carbons (Fsp3) is 0.480. The smallest absolute Gasteiger partial charge is 0.417 e. The summed E-state index contributed by atoms with van der Waals surface area (Å²) in [6.07, 6.45) is -0.269. The molecule has 1 aliphatic rings. The van der Waals surface area contributed by atoms with Gasteiger partial charge in [0.15, 0.2) is 0 Å². The van der Waals surface area contributed by atoms with Crippen LogP contribution in [0.15, 0.2) is 30.5 Å². The molecule has 2 heterocycles. The zero-order valence-corrected chi connectivity index (χ0v) is 20.9. The maximum atomic E-state index is 14.5. The molecule has 1 aromatic carbocycles. The first-order valence-electron chi connectivity index (χ1n) is 11.7. The Morgan fingerprint density at radius 3 is 2.31 bits per heavy atom. The van der Waals surface area contributed by atoms with Crippen molar-refractivity contribution >= 4 is 27.7 Å². The van der Waals surface area contributed by atoms with E-state index in [-0.39, 0.29) is 28.4 Å². The van der Waals surface area contributed by atoms with E-state index in [0.717, 1.165) is 55.4 Å². The van der Waals surface area contributed by atoms with Gasteiger partial charge in [-0.1, -0.05) is 25.6 Å². The Morgan fingerprint density at radius 1 is 1.14 bits per heavy atom. The Morgan fingerprint density at radius 2 is 1.78 bits per heavy atom. The average molecular weight is 529 g/mol. The number of anilines is 1. The minimum atomic E-state index is -4.40. The summed E-state index contributed by atoms with van der Waals surface area (Å²) in [7, 11) is 0. The molecule has 3 rings (SSSR count). The van der Waals surface area contributed by atoms with Gasteiger partial charge in [0.05, 0.1) is 22.8 Å². The van der Waals surface area contributed by atoms with Crippen LogP contribution in [0.25, 0.3) is 0 Å². The zero-order valence-electron chi connectivity index (χ0n) is 20.1. The van der Waals surface area contributed by atoms with Gasteiger partial charge in [-0.2, -0.15) is 13.2 Å². The van der Waals surface area contributed by atoms with Crippen LogP contribution in [0, 0.1) is 34.3 Å². The number of hydrogen-bond donors (Lipinski definition) is 2. The van der Waals surface area contributed by atoms with Gasteiger partial charge in [0.2, 0.25) is 0 Å². The molecule has 1 saturated heterocycles. The third-order valence-electron chi connectivity index (χ3n) is 6.02. The summed E-state index contributed by atoms with van der Waals surface area (Å²) in [5.41, 5.74) is -1.23. The highest BCUT2D eigenvalue weighted by molar-refractivity contribution is 8.26. The van der Waals surface area contributed by atoms with Crippen LogP contribution < -0.4 is 9.64 Å². The highest BCUT2D eigenvalue weighted by atomic mass is 32.2. The summed E-state index contributed by atoms with van der Waals surface area (Å²) in [6.45, 7) is 5.21. The van der Waals surface area contributed by atoms with Crippen LogP contribution in [-0.4, -0.2) is 34.8 Å². The van der Waals surface area contributed by atoms with Crippen LogP contribution in [-0.2, 0) is 6.18 Å². The number of alkyl halides is 3. The van der Waals surface area contributed by atoms with Crippen molar-refractivity contribution in [2.24, 2.45) is 11.8 Å². The van der Waals surface area contributed by atoms with Crippen molar-refractivity contribution in [2.45, 2.75) is 45.7 Å². The first-order valence-corrected chi connectivity index (χ1v) is 12.5. The Balaban J connectivity index is 1.43. The normalized spacial score (nSPS) is 14.8. The van der Waals surface area contributed by atoms with Crippen molar-refractivity contribution < 1.29 is 26.7 Å². The SMILES string of the molecule is CC(C)C(=N)SC(=N)c1c(F)cc(OCCCC2CCN(c3ccc(C(F)(F)F)cn3)CC2)cc1F. The summed E-state index contributed by atoms with van der Waals surface area (Å²) >= 11 is 0.726. The molecule has 0 amide bonds. The monoisotopic (exact) mass is 528 g/mol. The summed E-state index contributed by atoms with van der Waals surface area (Å²) < 4.78 is 72.6. The molecule has 0 atom stereocenters. The number of piperidine rings is 1. The molecule has 2 aromatic rings. The second-order valence-electron chi connectivity index (χ2n) is 9.04. The lowest BCUT2D eigenvalue weighted by molar-refractivity contribution is -0.137. The number of halogens is 5. The van der Waals surface area contributed by atoms with E-state index in [0.29, 0.717) is 31.2 Å². The van der Waals surface area contributed by atoms with E-state index in [2.05, 4.69) is 4.98 Å². The molecule has 11 heteroatoms. The minimum absolute atomic E-state index is 0.0497. The molecule has 1 aromatic heterocycles. The summed E-state index contributed by atoms with van der Waals surface area (Å²) in [5, 5.41) is 15.5. The maximum Gasteiger partial charge on any atom is 0.417 e. The molecule has 0 saturated carbocycles. The second-order valence-corrected chi connectivity index (χ2v) is 10.1. The first-order chi connectivity index (χ1) is 17.0. The van der Waals surface area contributed by atoms with E-state index < -0.39 is 28.9 Å². The van der Waals surface area contributed by atoms with Gasteiger partial charge in [-0.3, -0.25) is 10.8 Å². The van der Waals surface area contributed by atoms with E-state index in [1.54, 1.807) is 13.8 Å². The number of hydrogen-bond acceptors (Lipinski definition) is 6. The number of benzene rings is 1. The molecule has 0 bridgehead atoms. The van der Waals surface area contributed by atoms with Gasteiger partial charge in [0.1, 0.15) is 28.2 Å².